The first-order valence-electron chi connectivity index (χ1n) is 4.90. The van der Waals surface area contributed by atoms with Gasteiger partial charge in [-0.25, -0.2) is 4.79 Å². The fraction of sp³-hybridized carbons (Fsp3) is 0.273. The zero-order valence-electron chi connectivity index (χ0n) is 8.70. The highest BCUT2D eigenvalue weighted by Gasteiger charge is 2.04. The first-order valence-corrected chi connectivity index (χ1v) is 5.43. The van der Waals surface area contributed by atoms with Crippen molar-refractivity contribution in [2.45, 2.75) is 6.42 Å². The van der Waals surface area contributed by atoms with Crippen molar-refractivity contribution in [1.82, 2.24) is 10.6 Å². The van der Waals surface area contributed by atoms with Gasteiger partial charge in [0, 0.05) is 6.54 Å². The quantitative estimate of drug-likeness (QED) is 0.780. The van der Waals surface area contributed by atoms with E-state index in [-0.39, 0.29) is 5.88 Å². The van der Waals surface area contributed by atoms with Crippen molar-refractivity contribution < 1.29 is 9.59 Å². The summed E-state index contributed by atoms with van der Waals surface area (Å²) in [6.07, 6.45) is 0.726. The molecule has 0 bridgehead atoms. The maximum Gasteiger partial charge on any atom is 0.321 e. The van der Waals surface area contributed by atoms with Gasteiger partial charge in [-0.2, -0.15) is 0 Å². The molecule has 4 nitrogen and oxygen atoms in total. The normalized spacial score (nSPS) is 9.56. The molecule has 1 aromatic carbocycles. The number of carbonyl (C=O) groups excluding carboxylic acids is 2. The van der Waals surface area contributed by atoms with Crippen LogP contribution in [0.25, 0.3) is 0 Å². The smallest absolute Gasteiger partial charge is 0.321 e. The van der Waals surface area contributed by atoms with E-state index in [9.17, 15) is 9.59 Å². The van der Waals surface area contributed by atoms with Crippen molar-refractivity contribution in [3.8, 4) is 0 Å². The Bertz CT molecular complexity index is 354. The standard InChI is InChI=1S/C11H13ClN2O2/c12-8-10(15)14-11(16)13-7-6-9-4-2-1-3-5-9/h1-5H,6-8H2,(H2,13,14,15,16). The van der Waals surface area contributed by atoms with E-state index in [0.29, 0.717) is 6.54 Å². The number of hydrogen-bond acceptors (Lipinski definition) is 2. The number of nitrogens with one attached hydrogen (secondary N) is 2. The summed E-state index contributed by atoms with van der Waals surface area (Å²) in [6, 6.07) is 9.25. The summed E-state index contributed by atoms with van der Waals surface area (Å²) in [5.41, 5.74) is 1.13. The van der Waals surface area contributed by atoms with Crippen LogP contribution in [0.1, 0.15) is 5.56 Å². The average Bonchev–Trinajstić information content (AvgIpc) is 2.30. The lowest BCUT2D eigenvalue weighted by atomic mass is 10.1. The van der Waals surface area contributed by atoms with Crippen LogP contribution in [0.2, 0.25) is 0 Å². The molecule has 0 atom stereocenters. The predicted molar refractivity (Wildman–Crippen MR) is 62.4 cm³/mol. The van der Waals surface area contributed by atoms with Gasteiger partial charge in [-0.05, 0) is 12.0 Å². The number of imide groups is 1. The summed E-state index contributed by atoms with van der Waals surface area (Å²) in [7, 11) is 0. The molecule has 16 heavy (non-hydrogen) atoms. The summed E-state index contributed by atoms with van der Waals surface area (Å²) in [6.45, 7) is 0.478. The number of rotatable bonds is 4. The second-order valence-corrected chi connectivity index (χ2v) is 3.44. The minimum atomic E-state index is -0.512. The van der Waals surface area contributed by atoms with Crippen LogP contribution in [0.15, 0.2) is 30.3 Å². The van der Waals surface area contributed by atoms with E-state index in [4.69, 9.17) is 11.6 Å². The lowest BCUT2D eigenvalue weighted by Crippen LogP contribution is -2.40. The zero-order valence-corrected chi connectivity index (χ0v) is 9.46. The van der Waals surface area contributed by atoms with Crippen molar-refractivity contribution in [3.05, 3.63) is 35.9 Å². The van der Waals surface area contributed by atoms with Gasteiger partial charge in [0.2, 0.25) is 5.91 Å². The monoisotopic (exact) mass is 240 g/mol. The molecule has 0 aliphatic carbocycles. The minimum absolute atomic E-state index is 0.216. The number of carbonyl (C=O) groups is 2. The molecule has 0 aromatic heterocycles. The third kappa shape index (κ3) is 4.79. The summed E-state index contributed by atoms with van der Waals surface area (Å²) in [4.78, 5) is 21.9. The third-order valence-electron chi connectivity index (χ3n) is 1.92. The van der Waals surface area contributed by atoms with E-state index in [0.717, 1.165) is 12.0 Å². The molecule has 0 spiro atoms. The maximum atomic E-state index is 11.1. The molecule has 0 aliphatic rings. The maximum absolute atomic E-state index is 11.1. The zero-order chi connectivity index (χ0) is 11.8. The molecule has 0 unspecified atom stereocenters. The van der Waals surface area contributed by atoms with E-state index in [1.54, 1.807) is 0 Å². The summed E-state index contributed by atoms with van der Waals surface area (Å²) >= 11 is 5.23. The fourth-order valence-corrected chi connectivity index (χ4v) is 1.24. The van der Waals surface area contributed by atoms with Crippen LogP contribution in [-0.4, -0.2) is 24.4 Å². The molecule has 0 aliphatic heterocycles. The Balaban J connectivity index is 2.21. The van der Waals surface area contributed by atoms with Gasteiger partial charge in [0.1, 0.15) is 5.88 Å². The van der Waals surface area contributed by atoms with Crippen molar-refractivity contribution in [1.29, 1.82) is 0 Å². The third-order valence-corrected chi connectivity index (χ3v) is 2.16. The molecule has 3 amide bonds. The lowest BCUT2D eigenvalue weighted by molar-refractivity contribution is -0.117. The highest BCUT2D eigenvalue weighted by molar-refractivity contribution is 6.28. The Labute approximate surface area is 99.0 Å². The average molecular weight is 241 g/mol. The fourth-order valence-electron chi connectivity index (χ4n) is 1.17. The van der Waals surface area contributed by atoms with E-state index in [1.165, 1.54) is 0 Å². The molecule has 0 radical (unpaired) electrons. The van der Waals surface area contributed by atoms with Gasteiger partial charge in [0.25, 0.3) is 0 Å². The molecule has 0 fully saturated rings. The molecule has 0 heterocycles. The summed E-state index contributed by atoms with van der Waals surface area (Å²) < 4.78 is 0. The Kier molecular flexibility index (Phi) is 5.36. The van der Waals surface area contributed by atoms with Crippen LogP contribution in [0.3, 0.4) is 0 Å². The number of urea groups is 1. The molecule has 2 N–H and O–H groups in total. The molecule has 86 valence electrons. The Morgan fingerprint density at radius 2 is 1.88 bits per heavy atom. The molecule has 1 aromatic rings. The van der Waals surface area contributed by atoms with Gasteiger partial charge in [-0.15, -0.1) is 11.6 Å². The number of halogens is 1. The van der Waals surface area contributed by atoms with Crippen molar-refractivity contribution in [3.63, 3.8) is 0 Å². The number of hydrogen-bond donors (Lipinski definition) is 2. The Morgan fingerprint density at radius 3 is 2.50 bits per heavy atom. The topological polar surface area (TPSA) is 58.2 Å². The number of amides is 3. The van der Waals surface area contributed by atoms with Crippen molar-refractivity contribution in [2.75, 3.05) is 12.4 Å². The van der Waals surface area contributed by atoms with Crippen LogP contribution in [0.5, 0.6) is 0 Å². The highest BCUT2D eigenvalue weighted by Crippen LogP contribution is 1.97. The highest BCUT2D eigenvalue weighted by atomic mass is 35.5. The van der Waals surface area contributed by atoms with Gasteiger partial charge in [-0.3, -0.25) is 10.1 Å². The van der Waals surface area contributed by atoms with Crippen molar-refractivity contribution >= 4 is 23.5 Å². The van der Waals surface area contributed by atoms with Gasteiger partial charge < -0.3 is 5.32 Å². The van der Waals surface area contributed by atoms with Crippen LogP contribution < -0.4 is 10.6 Å². The second kappa shape index (κ2) is 6.85. The van der Waals surface area contributed by atoms with Gasteiger partial charge in [-0.1, -0.05) is 30.3 Å². The molecular weight excluding hydrogens is 228 g/mol. The minimum Gasteiger partial charge on any atom is -0.337 e. The Morgan fingerprint density at radius 1 is 1.19 bits per heavy atom. The summed E-state index contributed by atoms with van der Waals surface area (Å²) in [5, 5.41) is 4.66. The van der Waals surface area contributed by atoms with Crippen LogP contribution >= 0.6 is 11.6 Å². The van der Waals surface area contributed by atoms with Crippen LogP contribution in [0.4, 0.5) is 4.79 Å². The molecule has 0 saturated heterocycles. The van der Waals surface area contributed by atoms with Gasteiger partial charge >= 0.3 is 6.03 Å². The largest absolute Gasteiger partial charge is 0.337 e. The van der Waals surface area contributed by atoms with E-state index >= 15 is 0 Å². The molecule has 5 heteroatoms. The van der Waals surface area contributed by atoms with E-state index in [2.05, 4.69) is 10.6 Å². The van der Waals surface area contributed by atoms with Crippen molar-refractivity contribution in [2.24, 2.45) is 0 Å². The van der Waals surface area contributed by atoms with Crippen LogP contribution in [0, 0.1) is 0 Å². The summed E-state index contributed by atoms with van der Waals surface area (Å²) in [5.74, 6) is -0.717. The molecule has 1 rings (SSSR count). The Hall–Kier alpha value is -1.55. The van der Waals surface area contributed by atoms with Gasteiger partial charge in [0.15, 0.2) is 0 Å². The lowest BCUT2D eigenvalue weighted by Gasteiger charge is -2.05. The number of alkyl halides is 1. The first-order chi connectivity index (χ1) is 7.72. The van der Waals surface area contributed by atoms with E-state index < -0.39 is 11.9 Å². The second-order valence-electron chi connectivity index (χ2n) is 3.17. The molecule has 0 saturated carbocycles. The first kappa shape index (κ1) is 12.5. The van der Waals surface area contributed by atoms with Gasteiger partial charge in [0.05, 0.1) is 0 Å². The predicted octanol–water partition coefficient (Wildman–Crippen LogP) is 1.29. The van der Waals surface area contributed by atoms with Crippen LogP contribution in [-0.2, 0) is 11.2 Å². The SMILES string of the molecule is O=C(CCl)NC(=O)NCCc1ccccc1. The molecular formula is C11H13ClN2O2. The number of benzene rings is 1. The van der Waals surface area contributed by atoms with E-state index in [1.807, 2.05) is 30.3 Å².